The standard InChI is InChI=1S/C18H23N5O2S/c1-22-17(25)16-13(10-11-26-16)23-14(20-21-18(22)23)8-9-15(24)19-12-6-4-2-3-5-7-12/h10-12H,2-9H2,1H3,(H,19,24). The van der Waals surface area contributed by atoms with E-state index in [1.165, 1.54) is 41.6 Å². The summed E-state index contributed by atoms with van der Waals surface area (Å²) in [6.07, 6.45) is 7.98. The molecule has 3 aromatic rings. The lowest BCUT2D eigenvalue weighted by Gasteiger charge is -2.15. The highest BCUT2D eigenvalue weighted by Gasteiger charge is 2.18. The lowest BCUT2D eigenvalue weighted by molar-refractivity contribution is -0.121. The predicted octanol–water partition coefficient (Wildman–Crippen LogP) is 2.41. The monoisotopic (exact) mass is 373 g/mol. The molecule has 0 aromatic carbocycles. The Morgan fingerprint density at radius 1 is 1.27 bits per heavy atom. The van der Waals surface area contributed by atoms with Crippen molar-refractivity contribution in [3.63, 3.8) is 0 Å². The van der Waals surface area contributed by atoms with Crippen LogP contribution in [0.5, 0.6) is 0 Å². The fraction of sp³-hybridized carbons (Fsp3) is 0.556. The van der Waals surface area contributed by atoms with Crippen LogP contribution in [0.4, 0.5) is 0 Å². The Hall–Kier alpha value is -2.22. The van der Waals surface area contributed by atoms with Crippen molar-refractivity contribution in [2.24, 2.45) is 7.05 Å². The number of fused-ring (bicyclic) bond motifs is 3. The van der Waals surface area contributed by atoms with Crippen molar-refractivity contribution < 1.29 is 4.79 Å². The fourth-order valence-corrected chi connectivity index (χ4v) is 4.61. The number of carbonyl (C=O) groups excluding carboxylic acids is 1. The highest BCUT2D eigenvalue weighted by atomic mass is 32.1. The molecule has 138 valence electrons. The van der Waals surface area contributed by atoms with Crippen LogP contribution in [0, 0.1) is 0 Å². The molecule has 0 unspecified atom stereocenters. The van der Waals surface area contributed by atoms with Crippen LogP contribution >= 0.6 is 11.3 Å². The molecule has 1 aliphatic rings. The summed E-state index contributed by atoms with van der Waals surface area (Å²) in [5.74, 6) is 1.30. The first-order valence-corrected chi connectivity index (χ1v) is 10.1. The van der Waals surface area contributed by atoms with Crippen molar-refractivity contribution in [2.45, 2.75) is 57.4 Å². The third-order valence-corrected chi connectivity index (χ3v) is 6.08. The van der Waals surface area contributed by atoms with Gasteiger partial charge in [-0.3, -0.25) is 18.6 Å². The van der Waals surface area contributed by atoms with Gasteiger partial charge in [0.2, 0.25) is 11.7 Å². The molecule has 3 aromatic heterocycles. The number of rotatable bonds is 4. The molecular weight excluding hydrogens is 350 g/mol. The molecule has 1 amide bonds. The van der Waals surface area contributed by atoms with E-state index in [4.69, 9.17) is 0 Å². The maximum atomic E-state index is 12.4. The summed E-state index contributed by atoms with van der Waals surface area (Å²) < 4.78 is 4.09. The van der Waals surface area contributed by atoms with E-state index in [1.807, 2.05) is 15.8 Å². The van der Waals surface area contributed by atoms with Gasteiger partial charge in [0.1, 0.15) is 10.5 Å². The molecule has 0 atom stereocenters. The quantitative estimate of drug-likeness (QED) is 0.712. The molecule has 4 rings (SSSR count). The Morgan fingerprint density at radius 2 is 2.04 bits per heavy atom. The van der Waals surface area contributed by atoms with Gasteiger partial charge in [-0.2, -0.15) is 0 Å². The summed E-state index contributed by atoms with van der Waals surface area (Å²) in [6, 6.07) is 2.22. The Balaban J connectivity index is 1.52. The second kappa shape index (κ2) is 7.19. The largest absolute Gasteiger partial charge is 0.353 e. The maximum Gasteiger partial charge on any atom is 0.272 e. The van der Waals surface area contributed by atoms with E-state index in [-0.39, 0.29) is 11.5 Å². The Labute approximate surface area is 155 Å². The van der Waals surface area contributed by atoms with Crippen LogP contribution in [-0.4, -0.2) is 31.1 Å². The fourth-order valence-electron chi connectivity index (χ4n) is 3.76. The minimum atomic E-state index is -0.0624. The van der Waals surface area contributed by atoms with Crippen LogP contribution in [0.25, 0.3) is 16.0 Å². The van der Waals surface area contributed by atoms with Gasteiger partial charge in [0.15, 0.2) is 0 Å². The average Bonchev–Trinajstić information content (AvgIpc) is 3.20. The van der Waals surface area contributed by atoms with Gasteiger partial charge in [-0.1, -0.05) is 25.7 Å². The first kappa shape index (κ1) is 17.2. The number of hydrogen-bond acceptors (Lipinski definition) is 5. The second-order valence-electron chi connectivity index (χ2n) is 7.01. The zero-order valence-electron chi connectivity index (χ0n) is 14.9. The normalized spacial score (nSPS) is 16.2. The van der Waals surface area contributed by atoms with Gasteiger partial charge in [0.25, 0.3) is 5.56 Å². The zero-order valence-corrected chi connectivity index (χ0v) is 15.7. The Kier molecular flexibility index (Phi) is 4.76. The summed E-state index contributed by atoms with van der Waals surface area (Å²) in [5.41, 5.74) is 0.754. The zero-order chi connectivity index (χ0) is 18.1. The van der Waals surface area contributed by atoms with Gasteiger partial charge in [-0.05, 0) is 24.3 Å². The van der Waals surface area contributed by atoms with E-state index >= 15 is 0 Å². The third-order valence-electron chi connectivity index (χ3n) is 5.19. The average molecular weight is 373 g/mol. The van der Waals surface area contributed by atoms with E-state index in [0.717, 1.165) is 24.2 Å². The molecule has 1 aliphatic carbocycles. The Bertz CT molecular complexity index is 994. The number of nitrogens with one attached hydrogen (secondary N) is 1. The van der Waals surface area contributed by atoms with Crippen molar-refractivity contribution in [1.29, 1.82) is 0 Å². The SMILES string of the molecule is Cn1c(=O)c2sccc2n2c(CCC(=O)NC3CCCCCC3)nnc12. The number of nitrogens with zero attached hydrogens (tertiary/aromatic N) is 4. The smallest absolute Gasteiger partial charge is 0.272 e. The van der Waals surface area contributed by atoms with Gasteiger partial charge in [0.05, 0.1) is 5.52 Å². The van der Waals surface area contributed by atoms with Crippen molar-refractivity contribution in [3.05, 3.63) is 27.6 Å². The third kappa shape index (κ3) is 3.13. The summed E-state index contributed by atoms with van der Waals surface area (Å²) in [7, 11) is 1.70. The molecule has 0 radical (unpaired) electrons. The van der Waals surface area contributed by atoms with Crippen LogP contribution in [0.1, 0.15) is 50.8 Å². The minimum absolute atomic E-state index is 0.0624. The summed E-state index contributed by atoms with van der Waals surface area (Å²) in [6.45, 7) is 0. The first-order valence-electron chi connectivity index (χ1n) is 9.24. The van der Waals surface area contributed by atoms with Crippen molar-refractivity contribution in [3.8, 4) is 0 Å². The van der Waals surface area contributed by atoms with Crippen LogP contribution in [0.15, 0.2) is 16.2 Å². The molecule has 0 spiro atoms. The number of carbonyl (C=O) groups is 1. The molecule has 1 N–H and O–H groups in total. The molecule has 1 saturated carbocycles. The molecule has 26 heavy (non-hydrogen) atoms. The second-order valence-corrected chi connectivity index (χ2v) is 7.92. The topological polar surface area (TPSA) is 81.3 Å². The van der Waals surface area contributed by atoms with E-state index in [2.05, 4.69) is 15.5 Å². The van der Waals surface area contributed by atoms with Gasteiger partial charge in [-0.15, -0.1) is 21.5 Å². The van der Waals surface area contributed by atoms with E-state index in [0.29, 0.717) is 29.4 Å². The number of amides is 1. The Morgan fingerprint density at radius 3 is 2.81 bits per heavy atom. The molecule has 8 heteroatoms. The number of hydrogen-bond donors (Lipinski definition) is 1. The van der Waals surface area contributed by atoms with Crippen molar-refractivity contribution in [1.82, 2.24) is 24.5 Å². The summed E-state index contributed by atoms with van der Waals surface area (Å²) >= 11 is 1.42. The molecule has 0 bridgehead atoms. The van der Waals surface area contributed by atoms with Crippen molar-refractivity contribution in [2.75, 3.05) is 0 Å². The first-order chi connectivity index (χ1) is 12.6. The summed E-state index contributed by atoms with van der Waals surface area (Å²) in [4.78, 5) is 24.7. The molecule has 3 heterocycles. The molecular formula is C18H23N5O2S. The number of aromatic nitrogens is 4. The van der Waals surface area contributed by atoms with Gasteiger partial charge >= 0.3 is 0 Å². The molecule has 7 nitrogen and oxygen atoms in total. The lowest BCUT2D eigenvalue weighted by atomic mass is 10.1. The minimum Gasteiger partial charge on any atom is -0.353 e. The highest BCUT2D eigenvalue weighted by Crippen LogP contribution is 2.20. The van der Waals surface area contributed by atoms with Gasteiger partial charge in [0, 0.05) is 25.9 Å². The van der Waals surface area contributed by atoms with Crippen LogP contribution in [0.2, 0.25) is 0 Å². The molecule has 0 aliphatic heterocycles. The van der Waals surface area contributed by atoms with Crippen LogP contribution < -0.4 is 10.9 Å². The predicted molar refractivity (Wildman–Crippen MR) is 102 cm³/mol. The van der Waals surface area contributed by atoms with E-state index in [9.17, 15) is 9.59 Å². The number of aryl methyl sites for hydroxylation is 2. The van der Waals surface area contributed by atoms with E-state index < -0.39 is 0 Å². The van der Waals surface area contributed by atoms with Gasteiger partial charge < -0.3 is 5.32 Å². The lowest BCUT2D eigenvalue weighted by Crippen LogP contribution is -2.34. The summed E-state index contributed by atoms with van der Waals surface area (Å²) in [5, 5.41) is 13.5. The van der Waals surface area contributed by atoms with Gasteiger partial charge in [-0.25, -0.2) is 0 Å². The number of thiophene rings is 1. The maximum absolute atomic E-state index is 12.4. The van der Waals surface area contributed by atoms with Crippen LogP contribution in [0.3, 0.4) is 0 Å². The van der Waals surface area contributed by atoms with E-state index in [1.54, 1.807) is 7.05 Å². The highest BCUT2D eigenvalue weighted by molar-refractivity contribution is 7.17. The van der Waals surface area contributed by atoms with Crippen LogP contribution in [-0.2, 0) is 18.3 Å². The molecule has 1 fully saturated rings. The molecule has 0 saturated heterocycles. The van der Waals surface area contributed by atoms with Crippen molar-refractivity contribution >= 4 is 33.2 Å².